The van der Waals surface area contributed by atoms with Gasteiger partial charge in [0.2, 0.25) is 0 Å². The molecule has 2 rings (SSSR count). The predicted octanol–water partition coefficient (Wildman–Crippen LogP) is 4.05. The van der Waals surface area contributed by atoms with Crippen molar-refractivity contribution in [1.29, 1.82) is 0 Å². The fourth-order valence-corrected chi connectivity index (χ4v) is 5.55. The first-order chi connectivity index (χ1) is 7.70. The summed E-state index contributed by atoms with van der Waals surface area (Å²) < 4.78 is 0. The zero-order valence-electron chi connectivity index (χ0n) is 9.44. The fourth-order valence-electron chi connectivity index (χ4n) is 1.70. The molecule has 82 valence electrons. The minimum Gasteiger partial charge on any atom is -0.0620 e. The van der Waals surface area contributed by atoms with Gasteiger partial charge in [-0.05, 0) is 51.1 Å². The van der Waals surface area contributed by atoms with Crippen LogP contribution in [-0.4, -0.2) is 0 Å². The third kappa shape index (κ3) is 2.36. The molecule has 0 amide bonds. The second-order valence-electron chi connectivity index (χ2n) is 3.85. The summed E-state index contributed by atoms with van der Waals surface area (Å²) >= 11 is 3.86. The molecule has 16 heavy (non-hydrogen) atoms. The summed E-state index contributed by atoms with van der Waals surface area (Å²) in [6, 6.07) is 17.2. The molecule has 2 aromatic rings. The van der Waals surface area contributed by atoms with Crippen LogP contribution in [0.4, 0.5) is 0 Å². The monoisotopic (exact) mass is 292 g/mol. The molecule has 0 aliphatic carbocycles. The molecule has 0 heterocycles. The highest BCUT2D eigenvalue weighted by Gasteiger charge is 2.13. The van der Waals surface area contributed by atoms with Gasteiger partial charge in [-0.25, -0.2) is 0 Å². The molecule has 0 aliphatic rings. The summed E-state index contributed by atoms with van der Waals surface area (Å²) in [4.78, 5) is 0. The lowest BCUT2D eigenvalue weighted by Gasteiger charge is -2.15. The van der Waals surface area contributed by atoms with Crippen molar-refractivity contribution in [2.75, 3.05) is 0 Å². The third-order valence-electron chi connectivity index (χ3n) is 2.65. The molecule has 2 heteroatoms. The summed E-state index contributed by atoms with van der Waals surface area (Å²) in [5, 5.41) is 2.82. The highest BCUT2D eigenvalue weighted by Crippen LogP contribution is 2.43. The van der Waals surface area contributed by atoms with E-state index in [9.17, 15) is 0 Å². The Morgan fingerprint density at radius 1 is 0.750 bits per heavy atom. The zero-order valence-corrected chi connectivity index (χ0v) is 11.9. The molecule has 0 aromatic heterocycles. The molecule has 0 radical (unpaired) electrons. The molecule has 0 saturated carbocycles. The van der Waals surface area contributed by atoms with Gasteiger partial charge in [0, 0.05) is 6.62 Å². The first-order valence-corrected chi connectivity index (χ1v) is 8.63. The fraction of sp³-hybridized carbons (Fsp3) is 0.143. The van der Waals surface area contributed by atoms with E-state index in [-0.39, 0.29) is 0 Å². The highest BCUT2D eigenvalue weighted by molar-refractivity contribution is 9.40. The van der Waals surface area contributed by atoms with Crippen molar-refractivity contribution in [3.05, 3.63) is 59.7 Å². The Morgan fingerprint density at radius 2 is 1.12 bits per heavy atom. The number of aryl methyl sites for hydroxylation is 2. The Morgan fingerprint density at radius 3 is 1.50 bits per heavy atom. The van der Waals surface area contributed by atoms with Crippen LogP contribution in [0.5, 0.6) is 0 Å². The number of rotatable bonds is 2. The van der Waals surface area contributed by atoms with Gasteiger partial charge in [-0.2, -0.15) is 0 Å². The van der Waals surface area contributed by atoms with E-state index < -0.39 is 6.62 Å². The van der Waals surface area contributed by atoms with Crippen molar-refractivity contribution in [3.8, 4) is 0 Å². The van der Waals surface area contributed by atoms with E-state index in [1.54, 1.807) is 0 Å². The lowest BCUT2D eigenvalue weighted by molar-refractivity contribution is 1.51. The van der Waals surface area contributed by atoms with Crippen molar-refractivity contribution in [2.45, 2.75) is 13.8 Å². The Labute approximate surface area is 106 Å². The second-order valence-corrected chi connectivity index (χ2v) is 7.51. The summed E-state index contributed by atoms with van der Waals surface area (Å²) in [5.74, 6) is 0. The van der Waals surface area contributed by atoms with Crippen LogP contribution in [-0.2, 0) is 0 Å². The standard InChI is InChI=1S/C14H14BrP/c1-11-7-3-5-9-13(11)16(15)14-10-6-4-8-12(14)2/h3-10H,1-2H3. The van der Waals surface area contributed by atoms with Crippen molar-refractivity contribution < 1.29 is 0 Å². The Bertz CT molecular complexity index is 448. The van der Waals surface area contributed by atoms with Gasteiger partial charge >= 0.3 is 0 Å². The quantitative estimate of drug-likeness (QED) is 0.733. The number of hydrogen-bond donors (Lipinski definition) is 0. The molecule has 0 N–H and O–H groups in total. The van der Waals surface area contributed by atoms with Crippen LogP contribution in [0, 0.1) is 13.8 Å². The maximum atomic E-state index is 3.86. The minimum atomic E-state index is -0.400. The van der Waals surface area contributed by atoms with Crippen LogP contribution in [0.1, 0.15) is 11.1 Å². The van der Waals surface area contributed by atoms with E-state index in [0.717, 1.165) is 0 Å². The predicted molar refractivity (Wildman–Crippen MR) is 77.5 cm³/mol. The van der Waals surface area contributed by atoms with E-state index in [0.29, 0.717) is 0 Å². The van der Waals surface area contributed by atoms with Gasteiger partial charge < -0.3 is 0 Å². The van der Waals surface area contributed by atoms with Crippen LogP contribution in [0.3, 0.4) is 0 Å². The maximum absolute atomic E-state index is 3.86. The zero-order chi connectivity index (χ0) is 11.5. The third-order valence-corrected chi connectivity index (χ3v) is 6.80. The van der Waals surface area contributed by atoms with E-state index in [2.05, 4.69) is 77.9 Å². The maximum Gasteiger partial charge on any atom is 0.0271 e. The van der Waals surface area contributed by atoms with Gasteiger partial charge in [-0.1, -0.05) is 48.5 Å². The van der Waals surface area contributed by atoms with Crippen molar-refractivity contribution in [3.63, 3.8) is 0 Å². The topological polar surface area (TPSA) is 0 Å². The molecule has 2 aromatic carbocycles. The lowest BCUT2D eigenvalue weighted by atomic mass is 10.2. The van der Waals surface area contributed by atoms with Gasteiger partial charge in [0.15, 0.2) is 0 Å². The molecule has 0 fully saturated rings. The lowest BCUT2D eigenvalue weighted by Crippen LogP contribution is -2.12. The number of hydrogen-bond acceptors (Lipinski definition) is 0. The molecular formula is C14H14BrP. The van der Waals surface area contributed by atoms with E-state index in [4.69, 9.17) is 0 Å². The van der Waals surface area contributed by atoms with Crippen LogP contribution < -0.4 is 10.6 Å². The first-order valence-electron chi connectivity index (χ1n) is 5.27. The molecular weight excluding hydrogens is 279 g/mol. The van der Waals surface area contributed by atoms with E-state index in [1.165, 1.54) is 21.7 Å². The normalized spacial score (nSPS) is 10.8. The average molecular weight is 293 g/mol. The van der Waals surface area contributed by atoms with E-state index in [1.807, 2.05) is 0 Å². The Hall–Kier alpha value is -0.650. The first kappa shape index (κ1) is 11.8. The van der Waals surface area contributed by atoms with Gasteiger partial charge in [0.05, 0.1) is 0 Å². The summed E-state index contributed by atoms with van der Waals surface area (Å²) in [5.41, 5.74) is 2.71. The van der Waals surface area contributed by atoms with Gasteiger partial charge in [-0.15, -0.1) is 0 Å². The molecule has 0 bridgehead atoms. The van der Waals surface area contributed by atoms with Crippen LogP contribution in [0.25, 0.3) is 0 Å². The summed E-state index contributed by atoms with van der Waals surface area (Å²) in [6.07, 6.45) is 0. The van der Waals surface area contributed by atoms with Crippen molar-refractivity contribution in [2.24, 2.45) is 0 Å². The molecule has 0 aliphatic heterocycles. The van der Waals surface area contributed by atoms with Crippen LogP contribution >= 0.6 is 22.1 Å². The van der Waals surface area contributed by atoms with Crippen molar-refractivity contribution in [1.82, 2.24) is 0 Å². The van der Waals surface area contributed by atoms with Crippen molar-refractivity contribution >= 4 is 32.7 Å². The summed E-state index contributed by atoms with van der Waals surface area (Å²) in [6.45, 7) is 3.94. The van der Waals surface area contributed by atoms with E-state index >= 15 is 0 Å². The second kappa shape index (κ2) is 5.12. The minimum absolute atomic E-state index is 0.400. The van der Waals surface area contributed by atoms with Crippen LogP contribution in [0.2, 0.25) is 0 Å². The Balaban J connectivity index is 2.44. The largest absolute Gasteiger partial charge is 0.0620 e. The highest BCUT2D eigenvalue weighted by atomic mass is 79.9. The molecule has 0 saturated heterocycles. The number of halogens is 1. The van der Waals surface area contributed by atoms with Gasteiger partial charge in [0.25, 0.3) is 0 Å². The van der Waals surface area contributed by atoms with Gasteiger partial charge in [0.1, 0.15) is 0 Å². The Kier molecular flexibility index (Phi) is 3.78. The SMILES string of the molecule is Cc1ccccc1P(Br)c1ccccc1C. The molecule has 0 unspecified atom stereocenters. The summed E-state index contributed by atoms with van der Waals surface area (Å²) in [7, 11) is 0. The number of benzene rings is 2. The molecule has 0 atom stereocenters. The van der Waals surface area contributed by atoms with Gasteiger partial charge in [-0.3, -0.25) is 0 Å². The average Bonchev–Trinajstić information content (AvgIpc) is 2.29. The van der Waals surface area contributed by atoms with Crippen LogP contribution in [0.15, 0.2) is 48.5 Å². The molecule has 0 spiro atoms. The molecule has 0 nitrogen and oxygen atoms in total. The smallest absolute Gasteiger partial charge is 0.0271 e.